The molecule has 3 amide bonds. The smallest absolute Gasteiger partial charge is 0.249 e. The molecule has 0 aliphatic heterocycles. The lowest BCUT2D eigenvalue weighted by molar-refractivity contribution is -0.132. The van der Waals surface area contributed by atoms with Gasteiger partial charge in [0.1, 0.15) is 0 Å². The van der Waals surface area contributed by atoms with E-state index in [1.165, 1.54) is 38.2 Å². The molecular weight excluding hydrogens is 320 g/mol. The van der Waals surface area contributed by atoms with Gasteiger partial charge in [0.15, 0.2) is 6.04 Å². The molecule has 0 atom stereocenters. The van der Waals surface area contributed by atoms with Crippen molar-refractivity contribution in [1.29, 1.82) is 0 Å². The van der Waals surface area contributed by atoms with Crippen molar-refractivity contribution in [1.82, 2.24) is 9.88 Å². The molecule has 0 spiro atoms. The minimum atomic E-state index is -1.51. The van der Waals surface area contributed by atoms with Crippen LogP contribution in [-0.4, -0.2) is 28.3 Å². The number of amides is 3. The summed E-state index contributed by atoms with van der Waals surface area (Å²) in [4.78, 5) is 34.1. The lowest BCUT2D eigenvalue weighted by atomic mass is 9.95. The summed E-state index contributed by atoms with van der Waals surface area (Å²) in [6.45, 7) is 4.10. The minimum absolute atomic E-state index is 0.513. The van der Waals surface area contributed by atoms with Gasteiger partial charge in [0.05, 0.1) is 0 Å². The van der Waals surface area contributed by atoms with Gasteiger partial charge in [-0.25, -0.2) is 0 Å². The second-order valence-electron chi connectivity index (χ2n) is 6.57. The summed E-state index contributed by atoms with van der Waals surface area (Å²) in [6, 6.07) is 1.04. The van der Waals surface area contributed by atoms with Gasteiger partial charge in [0, 0.05) is 23.5 Å². The average Bonchev–Trinajstić information content (AvgIpc) is 2.84. The first-order valence-electron chi connectivity index (χ1n) is 8.57. The highest BCUT2D eigenvalue weighted by Gasteiger charge is 2.23. The summed E-state index contributed by atoms with van der Waals surface area (Å²) in [7, 11) is 0. The van der Waals surface area contributed by atoms with E-state index in [4.69, 9.17) is 11.5 Å². The van der Waals surface area contributed by atoms with Gasteiger partial charge in [0.25, 0.3) is 0 Å². The first kappa shape index (κ1) is 18.8. The van der Waals surface area contributed by atoms with Crippen LogP contribution in [0.1, 0.15) is 55.1 Å². The summed E-state index contributed by atoms with van der Waals surface area (Å²) in [6.07, 6.45) is 9.11. The van der Waals surface area contributed by atoms with Crippen molar-refractivity contribution >= 4 is 23.8 Å². The fourth-order valence-corrected chi connectivity index (χ4v) is 3.51. The Morgan fingerprint density at radius 2 is 1.76 bits per heavy atom. The van der Waals surface area contributed by atoms with E-state index in [0.29, 0.717) is 6.04 Å². The molecule has 1 fully saturated rings. The second-order valence-corrected chi connectivity index (χ2v) is 6.57. The summed E-state index contributed by atoms with van der Waals surface area (Å²) >= 11 is 0. The fourth-order valence-electron chi connectivity index (χ4n) is 3.51. The molecule has 0 unspecified atom stereocenters. The van der Waals surface area contributed by atoms with Crippen molar-refractivity contribution in [3.05, 3.63) is 29.1 Å². The van der Waals surface area contributed by atoms with Crippen molar-refractivity contribution < 1.29 is 14.4 Å². The van der Waals surface area contributed by atoms with Gasteiger partial charge in [0.2, 0.25) is 17.7 Å². The van der Waals surface area contributed by atoms with E-state index in [0.717, 1.165) is 17.0 Å². The van der Waals surface area contributed by atoms with Crippen LogP contribution in [0.15, 0.2) is 12.1 Å². The van der Waals surface area contributed by atoms with E-state index in [1.54, 1.807) is 6.08 Å². The molecule has 7 nitrogen and oxygen atoms in total. The van der Waals surface area contributed by atoms with E-state index in [-0.39, 0.29) is 0 Å². The number of nitrogens with one attached hydrogen (secondary N) is 1. The largest absolute Gasteiger partial charge is 0.367 e. The number of rotatable bonds is 6. The number of primary amides is 2. The quantitative estimate of drug-likeness (QED) is 0.528. The number of aromatic nitrogens is 1. The number of aryl methyl sites for hydroxylation is 1. The van der Waals surface area contributed by atoms with Gasteiger partial charge >= 0.3 is 0 Å². The third kappa shape index (κ3) is 4.49. The highest BCUT2D eigenvalue weighted by molar-refractivity contribution is 6.07. The zero-order valence-electron chi connectivity index (χ0n) is 14.7. The minimum Gasteiger partial charge on any atom is -0.367 e. The Morgan fingerprint density at radius 1 is 1.16 bits per heavy atom. The predicted molar refractivity (Wildman–Crippen MR) is 95.4 cm³/mol. The Labute approximate surface area is 147 Å². The molecule has 2 rings (SSSR count). The zero-order chi connectivity index (χ0) is 18.6. The predicted octanol–water partition coefficient (Wildman–Crippen LogP) is 1.08. The van der Waals surface area contributed by atoms with E-state index in [1.807, 2.05) is 13.0 Å². The third-order valence-corrected chi connectivity index (χ3v) is 4.73. The van der Waals surface area contributed by atoms with Gasteiger partial charge in [-0.2, -0.15) is 0 Å². The number of nitrogens with zero attached hydrogens (tertiary/aromatic N) is 1. The molecule has 0 bridgehead atoms. The van der Waals surface area contributed by atoms with Crippen LogP contribution in [0.3, 0.4) is 0 Å². The summed E-state index contributed by atoms with van der Waals surface area (Å²) in [5.41, 5.74) is 13.3. The monoisotopic (exact) mass is 346 g/mol. The number of carbonyl (C=O) groups excluding carboxylic acids is 3. The SMILES string of the molecule is Cc1cc(/C=C/C(=O)NC(C(N)=O)C(N)=O)c(C)n1C1CCCCC1. The van der Waals surface area contributed by atoms with Crippen molar-refractivity contribution in [2.45, 2.75) is 58.0 Å². The molecule has 7 heteroatoms. The molecule has 0 saturated heterocycles. The number of carbonyl (C=O) groups is 3. The lowest BCUT2D eigenvalue weighted by Gasteiger charge is -2.26. The molecular formula is C18H26N4O3. The van der Waals surface area contributed by atoms with Crippen LogP contribution in [-0.2, 0) is 14.4 Å². The van der Waals surface area contributed by atoms with E-state index >= 15 is 0 Å². The Morgan fingerprint density at radius 3 is 2.32 bits per heavy atom. The average molecular weight is 346 g/mol. The van der Waals surface area contributed by atoms with Crippen LogP contribution in [0.4, 0.5) is 0 Å². The maximum Gasteiger partial charge on any atom is 0.249 e. The van der Waals surface area contributed by atoms with Gasteiger partial charge in [-0.15, -0.1) is 0 Å². The molecule has 1 heterocycles. The first-order chi connectivity index (χ1) is 11.8. The highest BCUT2D eigenvalue weighted by atomic mass is 16.2. The van der Waals surface area contributed by atoms with E-state index < -0.39 is 23.8 Å². The van der Waals surface area contributed by atoms with Crippen LogP contribution in [0, 0.1) is 13.8 Å². The Balaban J connectivity index is 2.12. The van der Waals surface area contributed by atoms with E-state index in [2.05, 4.69) is 16.8 Å². The summed E-state index contributed by atoms with van der Waals surface area (Å²) in [5, 5.41) is 2.21. The highest BCUT2D eigenvalue weighted by Crippen LogP contribution is 2.32. The van der Waals surface area contributed by atoms with Crippen LogP contribution in [0.2, 0.25) is 0 Å². The standard InChI is InChI=1S/C18H26N4O3/c1-11-10-13(12(2)22(11)14-6-4-3-5-7-14)8-9-15(23)21-16(17(19)24)18(20)25/h8-10,14,16H,3-7H2,1-2H3,(H2,19,24)(H2,20,25)(H,21,23)/b9-8+. The van der Waals surface area contributed by atoms with Gasteiger partial charge < -0.3 is 21.4 Å². The molecule has 0 aromatic carbocycles. The second kappa shape index (κ2) is 8.00. The maximum atomic E-state index is 11.9. The maximum absolute atomic E-state index is 11.9. The lowest BCUT2D eigenvalue weighted by Crippen LogP contribution is -2.52. The van der Waals surface area contributed by atoms with E-state index in [9.17, 15) is 14.4 Å². The molecule has 136 valence electrons. The Kier molecular flexibility index (Phi) is 6.01. The number of nitrogens with two attached hydrogens (primary N) is 2. The molecule has 25 heavy (non-hydrogen) atoms. The summed E-state index contributed by atoms with van der Waals surface area (Å²) in [5.74, 6) is -2.56. The van der Waals surface area contributed by atoms with Gasteiger partial charge in [-0.1, -0.05) is 19.3 Å². The molecule has 1 aromatic heterocycles. The first-order valence-corrected chi connectivity index (χ1v) is 8.57. The number of hydrogen-bond donors (Lipinski definition) is 3. The molecule has 1 saturated carbocycles. The van der Waals surface area contributed by atoms with Crippen LogP contribution >= 0.6 is 0 Å². The molecule has 1 aliphatic carbocycles. The Hall–Kier alpha value is -2.57. The fraction of sp³-hybridized carbons (Fsp3) is 0.500. The Bertz CT molecular complexity index is 685. The van der Waals surface area contributed by atoms with Crippen LogP contribution < -0.4 is 16.8 Å². The molecule has 1 aromatic rings. The van der Waals surface area contributed by atoms with Crippen molar-refractivity contribution in [3.8, 4) is 0 Å². The topological polar surface area (TPSA) is 120 Å². The normalized spacial score (nSPS) is 15.6. The number of hydrogen-bond acceptors (Lipinski definition) is 3. The third-order valence-electron chi connectivity index (χ3n) is 4.73. The molecule has 1 aliphatic rings. The van der Waals surface area contributed by atoms with Crippen molar-refractivity contribution in [2.75, 3.05) is 0 Å². The van der Waals surface area contributed by atoms with Gasteiger partial charge in [-0.3, -0.25) is 14.4 Å². The van der Waals surface area contributed by atoms with Crippen LogP contribution in [0.25, 0.3) is 6.08 Å². The summed E-state index contributed by atoms with van der Waals surface area (Å²) < 4.78 is 2.34. The van der Waals surface area contributed by atoms with Crippen LogP contribution in [0.5, 0.6) is 0 Å². The molecule has 5 N–H and O–H groups in total. The molecule has 0 radical (unpaired) electrons. The van der Waals surface area contributed by atoms with Gasteiger partial charge in [-0.05, 0) is 44.4 Å². The van der Waals surface area contributed by atoms with Crippen molar-refractivity contribution in [3.63, 3.8) is 0 Å². The van der Waals surface area contributed by atoms with Crippen molar-refractivity contribution in [2.24, 2.45) is 11.5 Å². The zero-order valence-corrected chi connectivity index (χ0v) is 14.7.